The van der Waals surface area contributed by atoms with Crippen molar-refractivity contribution in [3.8, 4) is 0 Å². The van der Waals surface area contributed by atoms with E-state index in [1.165, 1.54) is 40.9 Å². The summed E-state index contributed by atoms with van der Waals surface area (Å²) < 4.78 is 38.5. The molecule has 0 aromatic heterocycles. The van der Waals surface area contributed by atoms with E-state index in [1.54, 1.807) is 20.8 Å². The first-order chi connectivity index (χ1) is 16.8. The predicted octanol–water partition coefficient (Wildman–Crippen LogP) is -0.158. The Bertz CT molecular complexity index is 1220. The van der Waals surface area contributed by atoms with E-state index >= 15 is 0 Å². The zero-order valence-electron chi connectivity index (χ0n) is 21.1. The molecule has 0 bridgehead atoms. The van der Waals surface area contributed by atoms with E-state index in [0.717, 1.165) is 5.56 Å². The Morgan fingerprint density at radius 3 is 2.41 bits per heavy atom. The molecule has 0 aliphatic carbocycles. The molecule has 0 radical (unpaired) electrons. The van der Waals surface area contributed by atoms with Crippen molar-refractivity contribution in [2.24, 2.45) is 0 Å². The summed E-state index contributed by atoms with van der Waals surface area (Å²) in [4.78, 5) is 40.0. The fourth-order valence-electron chi connectivity index (χ4n) is 3.60. The van der Waals surface area contributed by atoms with Gasteiger partial charge < -0.3 is 24.8 Å². The van der Waals surface area contributed by atoms with Crippen LogP contribution in [0.25, 0.3) is 0 Å². The van der Waals surface area contributed by atoms with Gasteiger partial charge in [0.25, 0.3) is 0 Å². The molecule has 3 amide bonds. The number of hydrogen-bond acceptors (Lipinski definition) is 8. The average Bonchev–Trinajstić information content (AvgIpc) is 3.21. The number of rotatable bonds is 7. The van der Waals surface area contributed by atoms with Gasteiger partial charge in [-0.15, -0.1) is 11.8 Å². The first kappa shape index (κ1) is 31.8. The SMILES string of the molecule is CC(C)(C)OC(=O)[C@@H]1CS[C@H](c2ccccc2)N1C(=O)CNC(=O)Nc1cccc(CS(=O)(=O)[O-])c1.[K+]. The molecule has 1 heterocycles. The Balaban J connectivity index is 0.00000481. The minimum absolute atomic E-state index is 0. The second-order valence-electron chi connectivity index (χ2n) is 9.16. The molecular formula is C24H28KN3O7S2. The van der Waals surface area contributed by atoms with Crippen molar-refractivity contribution in [1.82, 2.24) is 10.2 Å². The third-order valence-corrected chi connectivity index (χ3v) is 6.99. The van der Waals surface area contributed by atoms with Crippen LogP contribution in [0.3, 0.4) is 0 Å². The van der Waals surface area contributed by atoms with Crippen LogP contribution in [0.4, 0.5) is 10.5 Å². The Kier molecular flexibility index (Phi) is 11.6. The summed E-state index contributed by atoms with van der Waals surface area (Å²) in [6.07, 6.45) is 0. The van der Waals surface area contributed by atoms with Gasteiger partial charge in [-0.25, -0.2) is 18.0 Å². The second-order valence-corrected chi connectivity index (χ2v) is 11.7. The van der Waals surface area contributed by atoms with Crippen LogP contribution in [0.2, 0.25) is 0 Å². The number of ether oxygens (including phenoxy) is 1. The molecule has 2 aromatic carbocycles. The maximum atomic E-state index is 13.2. The fraction of sp³-hybridized carbons (Fsp3) is 0.375. The monoisotopic (exact) mass is 573 g/mol. The summed E-state index contributed by atoms with van der Waals surface area (Å²) in [5.74, 6) is -1.34. The summed E-state index contributed by atoms with van der Waals surface area (Å²) in [6.45, 7) is 4.87. The van der Waals surface area contributed by atoms with Gasteiger partial charge in [0.1, 0.15) is 17.0 Å². The summed E-state index contributed by atoms with van der Waals surface area (Å²) in [5.41, 5.74) is 0.598. The van der Waals surface area contributed by atoms with Gasteiger partial charge in [0.2, 0.25) is 5.91 Å². The van der Waals surface area contributed by atoms with Crippen molar-refractivity contribution in [1.29, 1.82) is 0 Å². The van der Waals surface area contributed by atoms with Crippen molar-refractivity contribution in [3.05, 3.63) is 65.7 Å². The maximum Gasteiger partial charge on any atom is 1.00 e. The van der Waals surface area contributed by atoms with E-state index in [1.807, 2.05) is 30.3 Å². The van der Waals surface area contributed by atoms with Gasteiger partial charge in [0.05, 0.1) is 22.4 Å². The molecule has 2 N–H and O–H groups in total. The zero-order chi connectivity index (χ0) is 26.5. The number of amides is 3. The molecular weight excluding hydrogens is 546 g/mol. The minimum atomic E-state index is -4.47. The molecule has 1 aliphatic rings. The van der Waals surface area contributed by atoms with Gasteiger partial charge >= 0.3 is 63.4 Å². The second kappa shape index (κ2) is 13.6. The van der Waals surface area contributed by atoms with E-state index < -0.39 is 50.8 Å². The third-order valence-electron chi connectivity index (χ3n) is 4.98. The van der Waals surface area contributed by atoms with Crippen LogP contribution in [0, 0.1) is 0 Å². The van der Waals surface area contributed by atoms with E-state index in [4.69, 9.17) is 4.74 Å². The number of esters is 1. The topological polar surface area (TPSA) is 145 Å². The zero-order valence-corrected chi connectivity index (χ0v) is 25.8. The number of carbonyl (C=O) groups is 3. The van der Waals surface area contributed by atoms with E-state index in [9.17, 15) is 27.4 Å². The number of urea groups is 1. The largest absolute Gasteiger partial charge is 1.00 e. The average molecular weight is 574 g/mol. The number of thioether (sulfide) groups is 1. The van der Waals surface area contributed by atoms with Crippen molar-refractivity contribution in [3.63, 3.8) is 0 Å². The molecule has 1 aliphatic heterocycles. The van der Waals surface area contributed by atoms with Gasteiger partial charge in [-0.05, 0) is 44.0 Å². The number of benzene rings is 2. The molecule has 1 saturated heterocycles. The summed E-state index contributed by atoms with van der Waals surface area (Å²) in [5, 5.41) is 4.56. The molecule has 3 rings (SSSR count). The summed E-state index contributed by atoms with van der Waals surface area (Å²) in [6, 6.07) is 13.6. The molecule has 0 spiro atoms. The van der Waals surface area contributed by atoms with Crippen LogP contribution in [0.5, 0.6) is 0 Å². The molecule has 2 aromatic rings. The molecule has 0 unspecified atom stereocenters. The van der Waals surface area contributed by atoms with E-state index in [2.05, 4.69) is 10.6 Å². The van der Waals surface area contributed by atoms with E-state index in [0.29, 0.717) is 5.75 Å². The number of anilines is 1. The Morgan fingerprint density at radius 2 is 1.78 bits per heavy atom. The fourth-order valence-corrected chi connectivity index (χ4v) is 5.63. The van der Waals surface area contributed by atoms with Gasteiger partial charge in [-0.2, -0.15) is 0 Å². The number of hydrogen-bond donors (Lipinski definition) is 2. The van der Waals surface area contributed by atoms with Crippen LogP contribution in [0.1, 0.15) is 37.3 Å². The Labute approximate surface area is 263 Å². The van der Waals surface area contributed by atoms with Gasteiger partial charge in [0.15, 0.2) is 0 Å². The summed E-state index contributed by atoms with van der Waals surface area (Å²) >= 11 is 1.44. The van der Waals surface area contributed by atoms with Crippen molar-refractivity contribution in [2.75, 3.05) is 17.6 Å². The summed E-state index contributed by atoms with van der Waals surface area (Å²) in [7, 11) is -4.47. The van der Waals surface area contributed by atoms with Crippen LogP contribution < -0.4 is 62.0 Å². The quantitative estimate of drug-likeness (QED) is 0.264. The van der Waals surface area contributed by atoms with Crippen molar-refractivity contribution >= 4 is 45.5 Å². The number of nitrogens with zero attached hydrogens (tertiary/aromatic N) is 1. The molecule has 10 nitrogen and oxygen atoms in total. The number of carbonyl (C=O) groups excluding carboxylic acids is 3. The van der Waals surface area contributed by atoms with Crippen LogP contribution in [-0.2, 0) is 30.2 Å². The normalized spacial score (nSPS) is 17.5. The minimum Gasteiger partial charge on any atom is -0.748 e. The first-order valence-corrected chi connectivity index (χ1v) is 13.7. The van der Waals surface area contributed by atoms with Crippen LogP contribution in [-0.4, -0.2) is 59.7 Å². The van der Waals surface area contributed by atoms with Gasteiger partial charge in [-0.3, -0.25) is 4.79 Å². The molecule has 0 saturated carbocycles. The van der Waals surface area contributed by atoms with Gasteiger partial charge in [0, 0.05) is 11.4 Å². The van der Waals surface area contributed by atoms with Crippen molar-refractivity contribution < 1.29 is 83.5 Å². The van der Waals surface area contributed by atoms with Gasteiger partial charge in [-0.1, -0.05) is 42.5 Å². The van der Waals surface area contributed by atoms with Crippen molar-refractivity contribution in [2.45, 2.75) is 43.5 Å². The van der Waals surface area contributed by atoms with Crippen LogP contribution >= 0.6 is 11.8 Å². The van der Waals surface area contributed by atoms with E-state index in [-0.39, 0.29) is 69.2 Å². The molecule has 37 heavy (non-hydrogen) atoms. The number of nitrogens with one attached hydrogen (secondary N) is 2. The smallest absolute Gasteiger partial charge is 0.748 e. The standard InChI is InChI=1S/C24H29N3O7S2.K/c1-24(2,3)34-22(29)19-14-35-21(17-9-5-4-6-10-17)27(19)20(28)13-25-23(30)26-18-11-7-8-16(12-18)15-36(31,32)33;/h4-12,19,21H,13-15H2,1-3H3,(H2,25,26,30)(H,31,32,33);/q;+1/p-1/t19-,21+;/m0./s1. The molecule has 2 atom stereocenters. The molecule has 194 valence electrons. The van der Waals surface area contributed by atoms with Crippen LogP contribution in [0.15, 0.2) is 54.6 Å². The Morgan fingerprint density at radius 1 is 1.11 bits per heavy atom. The molecule has 1 fully saturated rings. The maximum absolute atomic E-state index is 13.2. The Hall–Kier alpha value is -1.45. The molecule has 13 heteroatoms. The first-order valence-electron chi connectivity index (χ1n) is 11.1. The third kappa shape index (κ3) is 9.98. The predicted molar refractivity (Wildman–Crippen MR) is 135 cm³/mol.